The average molecular weight is 623 g/mol. The van der Waals surface area contributed by atoms with E-state index in [0.717, 1.165) is 49.4 Å². The molecule has 0 aromatic heterocycles. The lowest BCUT2D eigenvalue weighted by Crippen LogP contribution is -2.15. The van der Waals surface area contributed by atoms with Crippen LogP contribution in [0, 0.1) is 0 Å². The number of rotatable bonds is 29. The molecule has 0 aliphatic rings. The lowest BCUT2D eigenvalue weighted by molar-refractivity contribution is 0.0258. The summed E-state index contributed by atoms with van der Waals surface area (Å²) in [6, 6.07) is 15.9. The lowest BCUT2D eigenvalue weighted by atomic mass is 10.0. The van der Waals surface area contributed by atoms with Crippen LogP contribution in [0.15, 0.2) is 48.5 Å². The largest absolute Gasteiger partial charge is 0.494 e. The van der Waals surface area contributed by atoms with Gasteiger partial charge in [-0.25, -0.2) is 4.79 Å². The average Bonchev–Trinajstić information content (AvgIpc) is 3.06. The van der Waals surface area contributed by atoms with Crippen LogP contribution >= 0.6 is 0 Å². The van der Waals surface area contributed by atoms with Crippen molar-refractivity contribution in [3.05, 3.63) is 54.1 Å². The topological polar surface area (TPSA) is 44.8 Å². The van der Waals surface area contributed by atoms with E-state index >= 15 is 0 Å². The smallest absolute Gasteiger partial charge is 0.338 e. The van der Waals surface area contributed by atoms with Crippen LogP contribution in [-0.4, -0.2) is 31.9 Å². The van der Waals surface area contributed by atoms with Gasteiger partial charge in [-0.3, -0.25) is 0 Å². The van der Waals surface area contributed by atoms with Gasteiger partial charge in [-0.05, 0) is 55.2 Å². The van der Waals surface area contributed by atoms with Gasteiger partial charge in [0.15, 0.2) is 0 Å². The van der Waals surface area contributed by atoms with Crippen LogP contribution in [0.4, 0.5) is 0 Å². The maximum Gasteiger partial charge on any atom is 0.338 e. The number of unbranched alkanes of at least 4 members (excludes halogenated alkanes) is 18. The van der Waals surface area contributed by atoms with Crippen LogP contribution in [0.1, 0.15) is 166 Å². The zero-order valence-electron chi connectivity index (χ0n) is 29.3. The second kappa shape index (κ2) is 26.8. The first-order chi connectivity index (χ1) is 22.1. The summed E-state index contributed by atoms with van der Waals surface area (Å²) in [4.78, 5) is 12.5. The van der Waals surface area contributed by atoms with Crippen molar-refractivity contribution in [2.75, 3.05) is 19.8 Å². The molecular formula is C41H66O4. The van der Waals surface area contributed by atoms with Gasteiger partial charge < -0.3 is 14.2 Å². The number of carbonyl (C=O) groups is 1. The highest BCUT2D eigenvalue weighted by Crippen LogP contribution is 2.23. The van der Waals surface area contributed by atoms with E-state index in [2.05, 4.69) is 32.9 Å². The van der Waals surface area contributed by atoms with E-state index in [1.165, 1.54) is 116 Å². The summed E-state index contributed by atoms with van der Waals surface area (Å²) in [5.41, 5.74) is 2.76. The van der Waals surface area contributed by atoms with Gasteiger partial charge in [0.2, 0.25) is 0 Å². The van der Waals surface area contributed by atoms with Crippen LogP contribution in [0.5, 0.6) is 5.75 Å². The molecule has 0 spiro atoms. The molecule has 4 heteroatoms. The van der Waals surface area contributed by atoms with Gasteiger partial charge in [-0.15, -0.1) is 0 Å². The van der Waals surface area contributed by atoms with Crippen LogP contribution in [-0.2, 0) is 9.47 Å². The quantitative estimate of drug-likeness (QED) is 0.0669. The van der Waals surface area contributed by atoms with E-state index in [1.54, 1.807) is 0 Å². The molecule has 45 heavy (non-hydrogen) atoms. The van der Waals surface area contributed by atoms with E-state index in [9.17, 15) is 4.79 Å². The van der Waals surface area contributed by atoms with Crippen molar-refractivity contribution in [1.29, 1.82) is 0 Å². The molecule has 0 amide bonds. The van der Waals surface area contributed by atoms with Crippen molar-refractivity contribution in [3.8, 4) is 16.9 Å². The minimum atomic E-state index is -0.279. The highest BCUT2D eigenvalue weighted by molar-refractivity contribution is 5.90. The third kappa shape index (κ3) is 19.7. The van der Waals surface area contributed by atoms with Crippen LogP contribution in [0.25, 0.3) is 11.1 Å². The Hall–Kier alpha value is -2.33. The van der Waals surface area contributed by atoms with Crippen LogP contribution in [0.2, 0.25) is 0 Å². The molecule has 4 nitrogen and oxygen atoms in total. The van der Waals surface area contributed by atoms with Gasteiger partial charge in [-0.1, -0.05) is 154 Å². The fourth-order valence-electron chi connectivity index (χ4n) is 5.68. The second-order valence-electron chi connectivity index (χ2n) is 12.9. The molecule has 0 fully saturated rings. The summed E-state index contributed by atoms with van der Waals surface area (Å²) in [5, 5.41) is 0. The summed E-state index contributed by atoms with van der Waals surface area (Å²) in [6.45, 7) is 8.55. The van der Waals surface area contributed by atoms with E-state index in [-0.39, 0.29) is 12.1 Å². The zero-order chi connectivity index (χ0) is 32.2. The first-order valence-corrected chi connectivity index (χ1v) is 18.8. The van der Waals surface area contributed by atoms with Crippen molar-refractivity contribution >= 4 is 5.97 Å². The van der Waals surface area contributed by atoms with Crippen molar-refractivity contribution in [2.45, 2.75) is 162 Å². The third-order valence-electron chi connectivity index (χ3n) is 8.73. The van der Waals surface area contributed by atoms with Crippen molar-refractivity contribution < 1.29 is 19.0 Å². The minimum Gasteiger partial charge on any atom is -0.494 e. The summed E-state index contributed by atoms with van der Waals surface area (Å²) >= 11 is 0. The zero-order valence-corrected chi connectivity index (χ0v) is 29.3. The molecule has 0 saturated carbocycles. The van der Waals surface area contributed by atoms with Gasteiger partial charge >= 0.3 is 5.97 Å². The molecule has 0 heterocycles. The Morgan fingerprint density at radius 1 is 0.533 bits per heavy atom. The maximum absolute atomic E-state index is 12.5. The highest BCUT2D eigenvalue weighted by atomic mass is 16.5. The van der Waals surface area contributed by atoms with E-state index in [4.69, 9.17) is 14.2 Å². The first kappa shape index (κ1) is 38.9. The third-order valence-corrected chi connectivity index (χ3v) is 8.73. The molecule has 2 aromatic carbocycles. The Morgan fingerprint density at radius 3 is 1.44 bits per heavy atom. The molecule has 0 aliphatic heterocycles. The molecule has 0 bridgehead atoms. The normalized spacial score (nSPS) is 11.9. The Labute approximate surface area is 277 Å². The molecule has 1 atom stereocenters. The molecule has 0 radical (unpaired) electrons. The highest BCUT2D eigenvalue weighted by Gasteiger charge is 2.10. The van der Waals surface area contributed by atoms with Gasteiger partial charge in [0.1, 0.15) is 5.75 Å². The second-order valence-corrected chi connectivity index (χ2v) is 12.9. The van der Waals surface area contributed by atoms with Gasteiger partial charge in [-0.2, -0.15) is 0 Å². The fourth-order valence-corrected chi connectivity index (χ4v) is 5.68. The van der Waals surface area contributed by atoms with E-state index in [1.807, 2.05) is 36.4 Å². The predicted octanol–water partition coefficient (Wildman–Crippen LogP) is 12.5. The minimum absolute atomic E-state index is 0.0978. The Morgan fingerprint density at radius 2 is 0.956 bits per heavy atom. The van der Waals surface area contributed by atoms with Gasteiger partial charge in [0.25, 0.3) is 0 Å². The van der Waals surface area contributed by atoms with Crippen LogP contribution in [0.3, 0.4) is 0 Å². The Balaban J connectivity index is 1.52. The summed E-state index contributed by atoms with van der Waals surface area (Å²) in [5.74, 6) is 0.635. The van der Waals surface area contributed by atoms with Crippen molar-refractivity contribution in [2.24, 2.45) is 0 Å². The molecule has 0 saturated heterocycles. The van der Waals surface area contributed by atoms with Crippen molar-refractivity contribution in [1.82, 2.24) is 0 Å². The standard InChI is InChI=1S/C41H66O4/c1-4-6-8-10-12-14-16-18-20-22-33-43-36(3)32-35-45-41(42)39-26-24-37(25-27-39)38-28-30-40(31-29-38)44-34-23-21-19-17-15-13-11-9-7-5-2/h24-31,36H,4-23,32-35H2,1-3H3. The Kier molecular flexibility index (Phi) is 23.2. The van der Waals surface area contributed by atoms with E-state index < -0.39 is 0 Å². The van der Waals surface area contributed by atoms with Crippen molar-refractivity contribution in [3.63, 3.8) is 0 Å². The lowest BCUT2D eigenvalue weighted by Gasteiger charge is -2.13. The monoisotopic (exact) mass is 622 g/mol. The molecule has 1 unspecified atom stereocenters. The van der Waals surface area contributed by atoms with Gasteiger partial charge in [0.05, 0.1) is 24.9 Å². The number of benzene rings is 2. The van der Waals surface area contributed by atoms with E-state index in [0.29, 0.717) is 12.2 Å². The Bertz CT molecular complexity index is 952. The molecule has 2 rings (SSSR count). The maximum atomic E-state index is 12.5. The number of ether oxygens (including phenoxy) is 3. The molecule has 2 aromatic rings. The number of carbonyl (C=O) groups excluding carboxylic acids is 1. The SMILES string of the molecule is CCCCCCCCCCCCOc1ccc(-c2ccc(C(=O)OCCC(C)OCCCCCCCCCCCC)cc2)cc1. The number of hydrogen-bond acceptors (Lipinski definition) is 4. The number of hydrogen-bond donors (Lipinski definition) is 0. The number of esters is 1. The summed E-state index contributed by atoms with van der Waals surface area (Å²) < 4.78 is 17.4. The molecular weight excluding hydrogens is 556 g/mol. The summed E-state index contributed by atoms with van der Waals surface area (Å²) in [6.07, 6.45) is 27.4. The first-order valence-electron chi connectivity index (χ1n) is 18.8. The molecule has 254 valence electrons. The molecule has 0 N–H and O–H groups in total. The van der Waals surface area contributed by atoms with Gasteiger partial charge in [0, 0.05) is 13.0 Å². The van der Waals surface area contributed by atoms with Crippen LogP contribution < -0.4 is 4.74 Å². The predicted molar refractivity (Wildman–Crippen MR) is 191 cm³/mol. The molecule has 0 aliphatic carbocycles. The summed E-state index contributed by atoms with van der Waals surface area (Å²) in [7, 11) is 0. The fraction of sp³-hybridized carbons (Fsp3) is 0.683.